The lowest BCUT2D eigenvalue weighted by atomic mass is 10.2. The van der Waals surface area contributed by atoms with Gasteiger partial charge in [0.15, 0.2) is 0 Å². The lowest BCUT2D eigenvalue weighted by Gasteiger charge is -1.79. The topological polar surface area (TPSA) is 78.1 Å². The number of furan rings is 3. The Kier molecular flexibility index (Phi) is 28.4. The smallest absolute Gasteiger partial charge is 0.101 e. The van der Waals surface area contributed by atoms with Crippen LogP contribution in [0.2, 0.25) is 0 Å². The van der Waals surface area contributed by atoms with E-state index in [1.165, 1.54) is 76.6 Å². The molecule has 0 aliphatic heterocycles. The van der Waals surface area contributed by atoms with Crippen LogP contribution in [0.15, 0.2) is 118 Å². The summed E-state index contributed by atoms with van der Waals surface area (Å²) in [6.45, 7) is 30.6. The highest BCUT2D eigenvalue weighted by molar-refractivity contribution is 7.11. The number of thiophene rings is 3. The Balaban J connectivity index is 0.000000338. The van der Waals surface area contributed by atoms with Crippen LogP contribution in [0, 0.1) is 104 Å². The van der Waals surface area contributed by atoms with Crippen molar-refractivity contribution < 1.29 is 13.3 Å². The van der Waals surface area contributed by atoms with Crippen molar-refractivity contribution in [2.24, 2.45) is 0 Å². The summed E-state index contributed by atoms with van der Waals surface area (Å²) in [6, 6.07) is 14.4. The van der Waals surface area contributed by atoms with Gasteiger partial charge in [0.05, 0.1) is 30.0 Å². The first kappa shape index (κ1) is 53.8. The van der Waals surface area contributed by atoms with Gasteiger partial charge in [-0.25, -0.2) is 4.37 Å². The molecule has 0 aliphatic rings. The van der Waals surface area contributed by atoms with Gasteiger partial charge in [0.2, 0.25) is 0 Å². The summed E-state index contributed by atoms with van der Waals surface area (Å²) in [5, 5.41) is 12.5. The predicted molar refractivity (Wildman–Crippen MR) is 266 cm³/mol. The van der Waals surface area contributed by atoms with Gasteiger partial charge < -0.3 is 13.3 Å². The Bertz CT molecular complexity index is 1930. The van der Waals surface area contributed by atoms with Gasteiger partial charge in [-0.15, -0.1) is 34.0 Å². The van der Waals surface area contributed by atoms with E-state index < -0.39 is 0 Å². The molecule has 60 heavy (non-hydrogen) atoms. The number of aryl methyl sites for hydroxylation is 15. The molecule has 0 aliphatic carbocycles. The summed E-state index contributed by atoms with van der Waals surface area (Å²) < 4.78 is 22.7. The first-order chi connectivity index (χ1) is 28.4. The van der Waals surface area contributed by atoms with Crippen molar-refractivity contribution in [3.8, 4) is 0 Å². The van der Waals surface area contributed by atoms with Crippen molar-refractivity contribution in [2.75, 3.05) is 0 Å². The molecule has 9 rings (SSSR count). The Morgan fingerprint density at radius 1 is 0.483 bits per heavy atom. The maximum Gasteiger partial charge on any atom is 0.101 e. The molecule has 9 heterocycles. The van der Waals surface area contributed by atoms with Crippen molar-refractivity contribution in [2.45, 2.75) is 104 Å². The Hall–Kier alpha value is -4.17. The normalized spacial score (nSPS) is 9.25. The van der Waals surface area contributed by atoms with Crippen LogP contribution in [0.5, 0.6) is 0 Å². The number of thiazole rings is 1. The number of aromatic nitrogens is 3. The van der Waals surface area contributed by atoms with E-state index in [2.05, 4.69) is 89.6 Å². The number of hydrogen-bond acceptors (Lipinski definition) is 12. The third kappa shape index (κ3) is 28.3. The van der Waals surface area contributed by atoms with Crippen molar-refractivity contribution in [1.82, 2.24) is 13.7 Å². The summed E-state index contributed by atoms with van der Waals surface area (Å²) >= 11 is 10.0. The minimum atomic E-state index is 0.984. The maximum atomic E-state index is 5.08. The highest BCUT2D eigenvalue weighted by Crippen LogP contribution is 2.13. The molecule has 324 valence electrons. The van der Waals surface area contributed by atoms with Gasteiger partial charge in [-0.2, -0.15) is 15.7 Å². The quantitative estimate of drug-likeness (QED) is 0.151. The van der Waals surface area contributed by atoms with Crippen molar-refractivity contribution >= 4 is 68.4 Å². The van der Waals surface area contributed by atoms with Gasteiger partial charge in [-0.1, -0.05) is 0 Å². The molecule has 0 aromatic carbocycles. The Morgan fingerprint density at radius 3 is 1.25 bits per heavy atom. The van der Waals surface area contributed by atoms with Crippen LogP contribution in [0.1, 0.15) is 82.2 Å². The van der Waals surface area contributed by atoms with E-state index in [0.29, 0.717) is 0 Å². The lowest BCUT2D eigenvalue weighted by molar-refractivity contribution is 0.504. The second kappa shape index (κ2) is 31.7. The number of nitrogens with zero attached hydrogens (tertiary/aromatic N) is 3. The van der Waals surface area contributed by atoms with E-state index in [9.17, 15) is 0 Å². The van der Waals surface area contributed by atoms with Gasteiger partial charge in [0, 0.05) is 42.7 Å². The molecular weight excluding hydrogens is 859 g/mol. The van der Waals surface area contributed by atoms with Crippen LogP contribution in [0.3, 0.4) is 0 Å². The maximum absolute atomic E-state index is 5.08. The zero-order chi connectivity index (χ0) is 44.9. The van der Waals surface area contributed by atoms with Crippen LogP contribution in [-0.4, -0.2) is 13.7 Å². The van der Waals surface area contributed by atoms with Gasteiger partial charge in [-0.3, -0.25) is 4.98 Å². The van der Waals surface area contributed by atoms with Crippen LogP contribution in [0.4, 0.5) is 0 Å². The second-order valence-corrected chi connectivity index (χ2v) is 19.1. The molecule has 0 bridgehead atoms. The average molecular weight is 922 g/mol. The molecule has 0 radical (unpaired) electrons. The molecule has 0 amide bonds. The van der Waals surface area contributed by atoms with E-state index >= 15 is 0 Å². The molecule has 9 aromatic rings. The third-order valence-corrected chi connectivity index (χ3v) is 12.3. The van der Waals surface area contributed by atoms with Crippen LogP contribution < -0.4 is 0 Å². The lowest BCUT2D eigenvalue weighted by Crippen LogP contribution is -1.63. The molecule has 0 fully saturated rings. The first-order valence-electron chi connectivity index (χ1n) is 19.1. The molecule has 9 aromatic heterocycles. The Labute approximate surface area is 384 Å². The highest BCUT2D eigenvalue weighted by Gasteiger charge is 1.90. The molecular formula is C48H63N3O3S6. The summed E-state index contributed by atoms with van der Waals surface area (Å²) in [7, 11) is 0. The standard InChI is InChI=1S/3C6H8O.3C6H8S.3C4H5NS/c1-5-3-7-4-6(5)2;1-5-3-6(2)7-4-5;1-5-3-4-6(2)7-5;1-5-3-7-4-6(5)2;1-5-3-6(2)7-4-5;1-5-3-4-6(2)7-5;1-4-2-6-3-5-4;1-4-2-5-6-3-4;1-4-2-3-6-5-4/h6*3-4H,1-2H3;3*2-3H,1H3. The van der Waals surface area contributed by atoms with Crippen molar-refractivity contribution in [3.05, 3.63) is 187 Å². The van der Waals surface area contributed by atoms with Crippen LogP contribution in [-0.2, 0) is 0 Å². The van der Waals surface area contributed by atoms with E-state index in [1.54, 1.807) is 52.8 Å². The second-order valence-electron chi connectivity index (χ2n) is 13.7. The fourth-order valence-corrected chi connectivity index (χ4v) is 7.84. The fourth-order valence-electron chi connectivity index (χ4n) is 3.91. The monoisotopic (exact) mass is 921 g/mol. The molecule has 0 N–H and O–H groups in total. The molecule has 0 saturated heterocycles. The minimum absolute atomic E-state index is 0.984. The zero-order valence-electron chi connectivity index (χ0n) is 37.9. The molecule has 0 atom stereocenters. The van der Waals surface area contributed by atoms with Gasteiger partial charge >= 0.3 is 0 Å². The molecule has 0 spiro atoms. The van der Waals surface area contributed by atoms with E-state index in [4.69, 9.17) is 13.3 Å². The minimum Gasteiger partial charge on any atom is -0.472 e. The fraction of sp³-hybridized carbons (Fsp3) is 0.312. The predicted octanol–water partition coefficient (Wildman–Crippen LogP) is 17.1. The first-order valence-corrected chi connectivity index (χ1v) is 24.4. The third-order valence-electron chi connectivity index (χ3n) is 7.37. The van der Waals surface area contributed by atoms with Crippen molar-refractivity contribution in [1.29, 1.82) is 0 Å². The van der Waals surface area contributed by atoms with Gasteiger partial charge in [0.25, 0.3) is 0 Å². The number of hydrogen-bond donors (Lipinski definition) is 0. The average Bonchev–Trinajstić information content (AvgIpc) is 4.03. The summed E-state index contributed by atoms with van der Waals surface area (Å²) in [4.78, 5) is 8.14. The van der Waals surface area contributed by atoms with Crippen LogP contribution in [0.25, 0.3) is 0 Å². The molecule has 0 saturated carbocycles. The Morgan fingerprint density at radius 2 is 1.10 bits per heavy atom. The van der Waals surface area contributed by atoms with E-state index in [1.807, 2.05) is 126 Å². The summed E-state index contributed by atoms with van der Waals surface area (Å²) in [6.07, 6.45) is 7.09. The SMILES string of the molecule is Cc1ccc(C)o1.Cc1ccc(C)s1.Cc1ccsn1.Cc1cnsc1.Cc1coc(C)c1.Cc1cocc1C.Cc1csc(C)c1.Cc1cscc1C.Cc1cscn1. The van der Waals surface area contributed by atoms with E-state index in [-0.39, 0.29) is 0 Å². The molecule has 0 unspecified atom stereocenters. The highest BCUT2D eigenvalue weighted by atomic mass is 32.1. The summed E-state index contributed by atoms with van der Waals surface area (Å²) in [5.74, 6) is 2.95. The van der Waals surface area contributed by atoms with Crippen LogP contribution >= 0.6 is 68.4 Å². The van der Waals surface area contributed by atoms with Crippen molar-refractivity contribution in [3.63, 3.8) is 0 Å². The largest absolute Gasteiger partial charge is 0.472 e. The molecule has 12 heteroatoms. The van der Waals surface area contributed by atoms with Gasteiger partial charge in [0.1, 0.15) is 17.3 Å². The van der Waals surface area contributed by atoms with Gasteiger partial charge in [-0.05, 0) is 224 Å². The zero-order valence-corrected chi connectivity index (χ0v) is 42.8. The van der Waals surface area contributed by atoms with E-state index in [0.717, 1.165) is 28.7 Å². The summed E-state index contributed by atoms with van der Waals surface area (Å²) in [5.41, 5.74) is 13.1. The number of rotatable bonds is 0. The molecule has 6 nitrogen and oxygen atoms in total.